The predicted octanol–water partition coefficient (Wildman–Crippen LogP) is 2.44. The van der Waals surface area contributed by atoms with Crippen molar-refractivity contribution in [2.45, 2.75) is 31.6 Å². The Morgan fingerprint density at radius 3 is 2.65 bits per heavy atom. The SMILES string of the molecule is CCOCCCNC(=O)NCC1(c2ccccc2)CC1. The molecule has 20 heavy (non-hydrogen) atoms. The first-order valence-corrected chi connectivity index (χ1v) is 7.42. The van der Waals surface area contributed by atoms with E-state index in [2.05, 4.69) is 34.9 Å². The second-order valence-electron chi connectivity index (χ2n) is 5.31. The maximum Gasteiger partial charge on any atom is 0.314 e. The second-order valence-corrected chi connectivity index (χ2v) is 5.31. The predicted molar refractivity (Wildman–Crippen MR) is 79.9 cm³/mol. The molecular formula is C16H24N2O2. The van der Waals surface area contributed by atoms with Gasteiger partial charge in [-0.15, -0.1) is 0 Å². The third kappa shape index (κ3) is 4.23. The average Bonchev–Trinajstić information content (AvgIpc) is 3.27. The van der Waals surface area contributed by atoms with Crippen molar-refractivity contribution in [3.63, 3.8) is 0 Å². The smallest absolute Gasteiger partial charge is 0.314 e. The molecule has 1 aromatic carbocycles. The van der Waals surface area contributed by atoms with Crippen LogP contribution in [0.15, 0.2) is 30.3 Å². The number of hydrogen-bond donors (Lipinski definition) is 2. The van der Waals surface area contributed by atoms with Crippen LogP contribution in [0.5, 0.6) is 0 Å². The number of amides is 2. The topological polar surface area (TPSA) is 50.4 Å². The lowest BCUT2D eigenvalue weighted by Crippen LogP contribution is -2.40. The van der Waals surface area contributed by atoms with Crippen molar-refractivity contribution in [1.82, 2.24) is 10.6 Å². The average molecular weight is 276 g/mol. The Morgan fingerprint density at radius 1 is 1.25 bits per heavy atom. The van der Waals surface area contributed by atoms with Crippen molar-refractivity contribution < 1.29 is 9.53 Å². The molecule has 110 valence electrons. The summed E-state index contributed by atoms with van der Waals surface area (Å²) in [5.74, 6) is 0. The number of benzene rings is 1. The van der Waals surface area contributed by atoms with Gasteiger partial charge in [0.25, 0.3) is 0 Å². The number of rotatable bonds is 8. The Bertz CT molecular complexity index is 416. The normalized spacial score (nSPS) is 15.7. The van der Waals surface area contributed by atoms with Crippen molar-refractivity contribution in [3.05, 3.63) is 35.9 Å². The van der Waals surface area contributed by atoms with E-state index in [0.717, 1.165) is 25.9 Å². The largest absolute Gasteiger partial charge is 0.382 e. The fourth-order valence-electron chi connectivity index (χ4n) is 2.34. The van der Waals surface area contributed by atoms with E-state index in [1.165, 1.54) is 5.56 Å². The van der Waals surface area contributed by atoms with Gasteiger partial charge in [-0.25, -0.2) is 4.79 Å². The molecule has 2 N–H and O–H groups in total. The van der Waals surface area contributed by atoms with E-state index in [-0.39, 0.29) is 11.4 Å². The minimum atomic E-state index is -0.0799. The molecule has 0 radical (unpaired) electrons. The van der Waals surface area contributed by atoms with Gasteiger partial charge in [-0.2, -0.15) is 0 Å². The lowest BCUT2D eigenvalue weighted by Gasteiger charge is -2.17. The van der Waals surface area contributed by atoms with E-state index in [4.69, 9.17) is 4.74 Å². The standard InChI is InChI=1S/C16H24N2O2/c1-2-20-12-6-11-17-15(19)18-13-16(9-10-16)14-7-4-3-5-8-14/h3-5,7-8H,2,6,9-13H2,1H3,(H2,17,18,19). The summed E-state index contributed by atoms with van der Waals surface area (Å²) in [6.45, 7) is 4.77. The van der Waals surface area contributed by atoms with Gasteiger partial charge < -0.3 is 15.4 Å². The molecule has 1 aromatic rings. The third-order valence-corrected chi connectivity index (χ3v) is 3.78. The van der Waals surface area contributed by atoms with Crippen molar-refractivity contribution in [1.29, 1.82) is 0 Å². The van der Waals surface area contributed by atoms with Crippen LogP contribution in [-0.2, 0) is 10.2 Å². The highest BCUT2D eigenvalue weighted by Crippen LogP contribution is 2.47. The molecule has 2 rings (SSSR count). The van der Waals surface area contributed by atoms with E-state index in [1.807, 2.05) is 13.0 Å². The number of carbonyl (C=O) groups is 1. The maximum absolute atomic E-state index is 11.7. The molecule has 0 aliphatic heterocycles. The van der Waals surface area contributed by atoms with Gasteiger partial charge in [-0.1, -0.05) is 30.3 Å². The van der Waals surface area contributed by atoms with Crippen molar-refractivity contribution in [2.24, 2.45) is 0 Å². The fourth-order valence-corrected chi connectivity index (χ4v) is 2.34. The van der Waals surface area contributed by atoms with Gasteiger partial charge in [-0.3, -0.25) is 0 Å². The van der Waals surface area contributed by atoms with Crippen LogP contribution in [0.1, 0.15) is 31.7 Å². The summed E-state index contributed by atoms with van der Waals surface area (Å²) in [5.41, 5.74) is 1.50. The van der Waals surface area contributed by atoms with Gasteiger partial charge >= 0.3 is 6.03 Å². The molecule has 1 fully saturated rings. The Morgan fingerprint density at radius 2 is 2.00 bits per heavy atom. The highest BCUT2D eigenvalue weighted by molar-refractivity contribution is 5.74. The van der Waals surface area contributed by atoms with Crippen LogP contribution in [0.4, 0.5) is 4.79 Å². The summed E-state index contributed by atoms with van der Waals surface area (Å²) < 4.78 is 5.23. The zero-order valence-electron chi connectivity index (χ0n) is 12.2. The Hall–Kier alpha value is -1.55. The van der Waals surface area contributed by atoms with Gasteiger partial charge in [0, 0.05) is 31.7 Å². The summed E-state index contributed by atoms with van der Waals surface area (Å²) in [4.78, 5) is 11.7. The third-order valence-electron chi connectivity index (χ3n) is 3.78. The molecule has 0 heterocycles. The van der Waals surface area contributed by atoms with Crippen molar-refractivity contribution in [3.8, 4) is 0 Å². The summed E-state index contributed by atoms with van der Waals surface area (Å²) >= 11 is 0. The van der Waals surface area contributed by atoms with E-state index in [9.17, 15) is 4.79 Å². The first-order chi connectivity index (χ1) is 9.77. The zero-order chi connectivity index (χ0) is 14.3. The van der Waals surface area contributed by atoms with Gasteiger partial charge in [0.05, 0.1) is 0 Å². The van der Waals surface area contributed by atoms with E-state index in [1.54, 1.807) is 0 Å². The minimum absolute atomic E-state index is 0.0799. The van der Waals surface area contributed by atoms with Crippen molar-refractivity contribution in [2.75, 3.05) is 26.3 Å². The van der Waals surface area contributed by atoms with Crippen molar-refractivity contribution >= 4 is 6.03 Å². The van der Waals surface area contributed by atoms with E-state index >= 15 is 0 Å². The highest BCUT2D eigenvalue weighted by atomic mass is 16.5. The number of nitrogens with one attached hydrogen (secondary N) is 2. The van der Waals surface area contributed by atoms with Gasteiger partial charge in [0.15, 0.2) is 0 Å². The molecule has 2 amide bonds. The number of hydrogen-bond acceptors (Lipinski definition) is 2. The molecule has 0 atom stereocenters. The van der Waals surface area contributed by atoms with E-state index < -0.39 is 0 Å². The maximum atomic E-state index is 11.7. The number of urea groups is 1. The first-order valence-electron chi connectivity index (χ1n) is 7.42. The molecule has 4 nitrogen and oxygen atoms in total. The van der Waals surface area contributed by atoms with Crippen LogP contribution >= 0.6 is 0 Å². The lowest BCUT2D eigenvalue weighted by molar-refractivity contribution is 0.145. The summed E-state index contributed by atoms with van der Waals surface area (Å²) in [6, 6.07) is 10.4. The van der Waals surface area contributed by atoms with Crippen LogP contribution in [0.2, 0.25) is 0 Å². The molecule has 0 saturated heterocycles. The van der Waals surface area contributed by atoms with Gasteiger partial charge in [0.2, 0.25) is 0 Å². The van der Waals surface area contributed by atoms with Gasteiger partial charge in [0.1, 0.15) is 0 Å². The Kier molecular flexibility index (Phi) is 5.41. The highest BCUT2D eigenvalue weighted by Gasteiger charge is 2.44. The Balaban J connectivity index is 1.66. The zero-order valence-corrected chi connectivity index (χ0v) is 12.2. The number of ether oxygens (including phenoxy) is 1. The molecule has 1 aliphatic rings. The summed E-state index contributed by atoms with van der Waals surface area (Å²) in [5, 5.41) is 5.85. The fraction of sp³-hybridized carbons (Fsp3) is 0.562. The lowest BCUT2D eigenvalue weighted by atomic mass is 9.96. The van der Waals surface area contributed by atoms with Gasteiger partial charge in [-0.05, 0) is 31.7 Å². The Labute approximate surface area is 120 Å². The van der Waals surface area contributed by atoms with Crippen LogP contribution in [0.3, 0.4) is 0 Å². The first kappa shape index (κ1) is 14.9. The molecule has 4 heteroatoms. The summed E-state index contributed by atoms with van der Waals surface area (Å²) in [6.07, 6.45) is 3.16. The van der Waals surface area contributed by atoms with Crippen LogP contribution in [0, 0.1) is 0 Å². The molecule has 0 spiro atoms. The number of carbonyl (C=O) groups excluding carboxylic acids is 1. The molecule has 0 aromatic heterocycles. The second kappa shape index (κ2) is 7.29. The van der Waals surface area contributed by atoms with Crippen LogP contribution in [0.25, 0.3) is 0 Å². The molecule has 0 bridgehead atoms. The van der Waals surface area contributed by atoms with E-state index in [0.29, 0.717) is 19.7 Å². The summed E-state index contributed by atoms with van der Waals surface area (Å²) in [7, 11) is 0. The molecular weight excluding hydrogens is 252 g/mol. The molecule has 1 saturated carbocycles. The molecule has 1 aliphatic carbocycles. The van der Waals surface area contributed by atoms with Crippen LogP contribution in [-0.4, -0.2) is 32.3 Å². The monoisotopic (exact) mass is 276 g/mol. The minimum Gasteiger partial charge on any atom is -0.382 e. The quantitative estimate of drug-likeness (QED) is 0.717. The molecule has 0 unspecified atom stereocenters. The van der Waals surface area contributed by atoms with Crippen LogP contribution < -0.4 is 10.6 Å².